The normalized spacial score (nSPS) is 12.5. The molecule has 1 atom stereocenters. The number of aryl methyl sites for hydroxylation is 1. The van der Waals surface area contributed by atoms with Crippen LogP contribution in [0.1, 0.15) is 24.0 Å². The summed E-state index contributed by atoms with van der Waals surface area (Å²) in [5.41, 5.74) is 1.93. The van der Waals surface area contributed by atoms with Crippen molar-refractivity contribution in [2.45, 2.75) is 19.8 Å². The molecular formula is C10H12O2. The number of hydrogen-bond donors (Lipinski definition) is 1. The molecule has 2 nitrogen and oxygen atoms in total. The molecule has 1 rings (SSSR count). The van der Waals surface area contributed by atoms with E-state index in [1.54, 1.807) is 12.1 Å². The zero-order valence-electron chi connectivity index (χ0n) is 7.24. The molecule has 1 unspecified atom stereocenters. The molecule has 64 valence electrons. The summed E-state index contributed by atoms with van der Waals surface area (Å²) in [4.78, 5) is 10.5. The Morgan fingerprint density at radius 3 is 2.75 bits per heavy atom. The smallest absolute Gasteiger partial charge is 0.127 e. The lowest BCUT2D eigenvalue weighted by atomic mass is 9.97. The van der Waals surface area contributed by atoms with Crippen LogP contribution in [-0.4, -0.2) is 11.4 Å². The Bertz CT molecular complexity index is 292. The van der Waals surface area contributed by atoms with Crippen LogP contribution in [0.25, 0.3) is 0 Å². The molecule has 1 aromatic carbocycles. The molecule has 0 fully saturated rings. The van der Waals surface area contributed by atoms with E-state index in [9.17, 15) is 4.79 Å². The van der Waals surface area contributed by atoms with Crippen LogP contribution in [0.3, 0.4) is 0 Å². The van der Waals surface area contributed by atoms with Crippen LogP contribution >= 0.6 is 0 Å². The van der Waals surface area contributed by atoms with Gasteiger partial charge in [0.25, 0.3) is 0 Å². The first-order valence-corrected chi connectivity index (χ1v) is 3.90. The fourth-order valence-electron chi connectivity index (χ4n) is 1.19. The third kappa shape index (κ3) is 1.64. The molecule has 0 bridgehead atoms. The highest BCUT2D eigenvalue weighted by Gasteiger charge is 2.07. The second-order valence-corrected chi connectivity index (χ2v) is 2.97. The second-order valence-electron chi connectivity index (χ2n) is 2.97. The van der Waals surface area contributed by atoms with Gasteiger partial charge in [-0.1, -0.05) is 13.0 Å². The number of carbonyl (C=O) groups is 1. The minimum Gasteiger partial charge on any atom is -0.508 e. The summed E-state index contributed by atoms with van der Waals surface area (Å²) in [6.45, 7) is 3.74. The number of aldehydes is 1. The summed E-state index contributed by atoms with van der Waals surface area (Å²) < 4.78 is 0. The van der Waals surface area contributed by atoms with Crippen LogP contribution < -0.4 is 0 Å². The van der Waals surface area contributed by atoms with E-state index in [-0.39, 0.29) is 11.7 Å². The summed E-state index contributed by atoms with van der Waals surface area (Å²) in [6.07, 6.45) is 0.877. The molecule has 12 heavy (non-hydrogen) atoms. The second kappa shape index (κ2) is 3.39. The van der Waals surface area contributed by atoms with Crippen LogP contribution in [0.15, 0.2) is 18.2 Å². The monoisotopic (exact) mass is 164 g/mol. The van der Waals surface area contributed by atoms with Crippen LogP contribution in [0, 0.1) is 6.92 Å². The average molecular weight is 164 g/mol. The molecular weight excluding hydrogens is 152 g/mol. The van der Waals surface area contributed by atoms with Crippen molar-refractivity contribution in [2.24, 2.45) is 0 Å². The third-order valence-corrected chi connectivity index (χ3v) is 1.96. The van der Waals surface area contributed by atoms with Gasteiger partial charge in [0.15, 0.2) is 0 Å². The molecule has 1 N–H and O–H groups in total. The van der Waals surface area contributed by atoms with Gasteiger partial charge in [-0.2, -0.15) is 0 Å². The van der Waals surface area contributed by atoms with Crippen molar-refractivity contribution >= 4 is 6.29 Å². The maximum Gasteiger partial charge on any atom is 0.127 e. The first kappa shape index (κ1) is 8.78. The van der Waals surface area contributed by atoms with Crippen molar-refractivity contribution < 1.29 is 9.90 Å². The van der Waals surface area contributed by atoms with Gasteiger partial charge in [0.2, 0.25) is 0 Å². The van der Waals surface area contributed by atoms with Crippen LogP contribution in [-0.2, 0) is 4.79 Å². The number of phenolic OH excluding ortho intramolecular Hbond substituents is 1. The van der Waals surface area contributed by atoms with E-state index in [0.29, 0.717) is 0 Å². The van der Waals surface area contributed by atoms with Gasteiger partial charge in [-0.3, -0.25) is 0 Å². The van der Waals surface area contributed by atoms with E-state index in [0.717, 1.165) is 17.4 Å². The Hall–Kier alpha value is -1.31. The van der Waals surface area contributed by atoms with E-state index in [1.807, 2.05) is 19.9 Å². The van der Waals surface area contributed by atoms with Gasteiger partial charge in [-0.25, -0.2) is 0 Å². The average Bonchev–Trinajstić information content (AvgIpc) is 2.08. The quantitative estimate of drug-likeness (QED) is 0.679. The lowest BCUT2D eigenvalue weighted by Gasteiger charge is -2.08. The SMILES string of the molecule is Cc1ccc(O)cc1C(C)C=O. The highest BCUT2D eigenvalue weighted by atomic mass is 16.3. The largest absolute Gasteiger partial charge is 0.508 e. The van der Waals surface area contributed by atoms with Gasteiger partial charge >= 0.3 is 0 Å². The summed E-state index contributed by atoms with van der Waals surface area (Å²) in [7, 11) is 0. The van der Waals surface area contributed by atoms with E-state index in [2.05, 4.69) is 0 Å². The Kier molecular flexibility index (Phi) is 2.48. The molecule has 0 aromatic heterocycles. The number of benzene rings is 1. The van der Waals surface area contributed by atoms with Crippen molar-refractivity contribution in [3.8, 4) is 5.75 Å². The maximum atomic E-state index is 10.5. The third-order valence-electron chi connectivity index (χ3n) is 1.96. The minimum atomic E-state index is -0.142. The van der Waals surface area contributed by atoms with Gasteiger partial charge in [-0.05, 0) is 30.2 Å². The maximum absolute atomic E-state index is 10.5. The molecule has 0 aliphatic rings. The standard InChI is InChI=1S/C10H12O2/c1-7-3-4-9(12)5-10(7)8(2)6-11/h3-6,8,12H,1-2H3. The number of phenols is 1. The van der Waals surface area contributed by atoms with Crippen molar-refractivity contribution in [3.63, 3.8) is 0 Å². The molecule has 0 saturated heterocycles. The van der Waals surface area contributed by atoms with Gasteiger partial charge in [0, 0.05) is 5.92 Å². The topological polar surface area (TPSA) is 37.3 Å². The van der Waals surface area contributed by atoms with Gasteiger partial charge < -0.3 is 9.90 Å². The van der Waals surface area contributed by atoms with E-state index in [4.69, 9.17) is 5.11 Å². The number of hydrogen-bond acceptors (Lipinski definition) is 2. The number of carbonyl (C=O) groups excluding carboxylic acids is 1. The fraction of sp³-hybridized carbons (Fsp3) is 0.300. The molecule has 0 heterocycles. The van der Waals surface area contributed by atoms with E-state index >= 15 is 0 Å². The van der Waals surface area contributed by atoms with Gasteiger partial charge in [0.05, 0.1) is 0 Å². The van der Waals surface area contributed by atoms with Gasteiger partial charge in [0.1, 0.15) is 12.0 Å². The summed E-state index contributed by atoms with van der Waals surface area (Å²) in [5, 5.41) is 9.17. The Balaban J connectivity index is 3.12. The lowest BCUT2D eigenvalue weighted by Crippen LogP contribution is -1.96. The Labute approximate surface area is 71.8 Å². The summed E-state index contributed by atoms with van der Waals surface area (Å²) in [5.74, 6) is 0.0707. The Morgan fingerprint density at radius 1 is 1.50 bits per heavy atom. The molecule has 0 spiro atoms. The van der Waals surface area contributed by atoms with Crippen LogP contribution in [0.5, 0.6) is 5.75 Å². The molecule has 0 amide bonds. The zero-order valence-corrected chi connectivity index (χ0v) is 7.24. The van der Waals surface area contributed by atoms with Crippen molar-refractivity contribution in [2.75, 3.05) is 0 Å². The van der Waals surface area contributed by atoms with Crippen molar-refractivity contribution in [3.05, 3.63) is 29.3 Å². The Morgan fingerprint density at radius 2 is 2.17 bits per heavy atom. The van der Waals surface area contributed by atoms with Crippen LogP contribution in [0.2, 0.25) is 0 Å². The molecule has 0 aliphatic carbocycles. The zero-order chi connectivity index (χ0) is 9.14. The van der Waals surface area contributed by atoms with E-state index < -0.39 is 0 Å². The molecule has 0 radical (unpaired) electrons. The molecule has 0 saturated carbocycles. The van der Waals surface area contributed by atoms with Crippen molar-refractivity contribution in [1.82, 2.24) is 0 Å². The lowest BCUT2D eigenvalue weighted by molar-refractivity contribution is -0.108. The first-order valence-electron chi connectivity index (χ1n) is 3.90. The number of aromatic hydroxyl groups is 1. The highest BCUT2D eigenvalue weighted by molar-refractivity contribution is 5.63. The first-order chi connectivity index (χ1) is 5.65. The molecule has 1 aromatic rings. The van der Waals surface area contributed by atoms with E-state index in [1.165, 1.54) is 0 Å². The van der Waals surface area contributed by atoms with Crippen molar-refractivity contribution in [1.29, 1.82) is 0 Å². The molecule has 2 heteroatoms. The predicted molar refractivity (Wildman–Crippen MR) is 47.3 cm³/mol. The summed E-state index contributed by atoms with van der Waals surface area (Å²) in [6, 6.07) is 5.06. The minimum absolute atomic E-state index is 0.142. The van der Waals surface area contributed by atoms with Crippen LogP contribution in [0.4, 0.5) is 0 Å². The molecule has 0 aliphatic heterocycles. The number of rotatable bonds is 2. The predicted octanol–water partition coefficient (Wildman–Crippen LogP) is 2.00. The van der Waals surface area contributed by atoms with Gasteiger partial charge in [-0.15, -0.1) is 0 Å². The summed E-state index contributed by atoms with van der Waals surface area (Å²) >= 11 is 0. The highest BCUT2D eigenvalue weighted by Crippen LogP contribution is 2.22. The fourth-order valence-corrected chi connectivity index (χ4v) is 1.19.